The topological polar surface area (TPSA) is 59.7 Å². The van der Waals surface area contributed by atoms with Crippen LogP contribution < -0.4 is 4.74 Å². The van der Waals surface area contributed by atoms with E-state index in [1.807, 2.05) is 6.07 Å². The number of ether oxygens (including phenoxy) is 1. The molecule has 0 saturated heterocycles. The number of fused-ring (bicyclic) bond motifs is 1. The summed E-state index contributed by atoms with van der Waals surface area (Å²) >= 11 is 0. The summed E-state index contributed by atoms with van der Waals surface area (Å²) < 4.78 is 6.86. The van der Waals surface area contributed by atoms with Crippen molar-refractivity contribution in [1.29, 1.82) is 0 Å². The average Bonchev–Trinajstić information content (AvgIpc) is 2.62. The predicted octanol–water partition coefficient (Wildman–Crippen LogP) is 0.661. The van der Waals surface area contributed by atoms with Crippen LogP contribution in [0.15, 0.2) is 18.5 Å². The number of aliphatic hydroxyl groups is 1. The Hall–Kier alpha value is -1.62. The highest BCUT2D eigenvalue weighted by atomic mass is 16.5. The lowest BCUT2D eigenvalue weighted by atomic mass is 10.2. The summed E-state index contributed by atoms with van der Waals surface area (Å²) in [7, 11) is 1.59. The molecule has 1 unspecified atom stereocenters. The number of rotatable bonds is 3. The maximum atomic E-state index is 9.33. The number of hydrogen-bond donors (Lipinski definition) is 1. The van der Waals surface area contributed by atoms with Crippen LogP contribution in [0.4, 0.5) is 0 Å². The van der Waals surface area contributed by atoms with Gasteiger partial charge in [-0.3, -0.25) is 0 Å². The van der Waals surface area contributed by atoms with Gasteiger partial charge in [-0.2, -0.15) is 5.10 Å². The molecule has 2 aromatic rings. The maximum Gasteiger partial charge on any atom is 0.157 e. The van der Waals surface area contributed by atoms with E-state index < -0.39 is 6.10 Å². The Morgan fingerprint density at radius 3 is 3.07 bits per heavy atom. The fraction of sp³-hybridized carbons (Fsp3) is 0.400. The third-order valence-corrected chi connectivity index (χ3v) is 2.13. The van der Waals surface area contributed by atoms with Crippen molar-refractivity contribution in [3.8, 4) is 5.75 Å². The first-order valence-electron chi connectivity index (χ1n) is 4.76. The average molecular weight is 207 g/mol. The molecule has 0 aliphatic rings. The van der Waals surface area contributed by atoms with E-state index in [4.69, 9.17) is 4.74 Å². The summed E-state index contributed by atoms with van der Waals surface area (Å²) in [5.41, 5.74) is 1.47. The molecule has 2 aromatic heterocycles. The summed E-state index contributed by atoms with van der Waals surface area (Å²) in [5, 5.41) is 13.6. The van der Waals surface area contributed by atoms with Crippen molar-refractivity contribution in [2.45, 2.75) is 19.4 Å². The van der Waals surface area contributed by atoms with E-state index in [2.05, 4.69) is 10.1 Å². The molecule has 0 radical (unpaired) electrons. The van der Waals surface area contributed by atoms with Crippen molar-refractivity contribution < 1.29 is 9.84 Å². The molecule has 0 aliphatic heterocycles. The molecular formula is C10H13N3O2. The van der Waals surface area contributed by atoms with Crippen molar-refractivity contribution >= 4 is 5.65 Å². The summed E-state index contributed by atoms with van der Waals surface area (Å²) in [5.74, 6) is 0.662. The van der Waals surface area contributed by atoms with E-state index >= 15 is 0 Å². The Morgan fingerprint density at radius 1 is 1.60 bits per heavy atom. The first-order chi connectivity index (χ1) is 7.20. The summed E-state index contributed by atoms with van der Waals surface area (Å²) in [6.07, 6.45) is 3.47. The second-order valence-corrected chi connectivity index (χ2v) is 3.44. The van der Waals surface area contributed by atoms with Crippen LogP contribution in [0.25, 0.3) is 5.65 Å². The lowest BCUT2D eigenvalue weighted by Gasteiger charge is -2.09. The molecule has 0 amide bonds. The fourth-order valence-corrected chi connectivity index (χ4v) is 1.47. The lowest BCUT2D eigenvalue weighted by molar-refractivity contribution is 0.192. The molecular weight excluding hydrogens is 194 g/mol. The van der Waals surface area contributed by atoms with Crippen LogP contribution in [0.5, 0.6) is 5.75 Å². The molecule has 0 bridgehead atoms. The minimum Gasteiger partial charge on any atom is -0.495 e. The van der Waals surface area contributed by atoms with Gasteiger partial charge in [0.25, 0.3) is 0 Å². The van der Waals surface area contributed by atoms with Gasteiger partial charge >= 0.3 is 0 Å². The molecule has 1 N–H and O–H groups in total. The fourth-order valence-electron chi connectivity index (χ4n) is 1.47. The van der Waals surface area contributed by atoms with Gasteiger partial charge < -0.3 is 9.84 Å². The minimum atomic E-state index is -0.438. The molecule has 15 heavy (non-hydrogen) atoms. The van der Waals surface area contributed by atoms with Gasteiger partial charge in [0.2, 0.25) is 0 Å². The zero-order chi connectivity index (χ0) is 10.8. The van der Waals surface area contributed by atoms with Crippen LogP contribution in [0.2, 0.25) is 0 Å². The van der Waals surface area contributed by atoms with Gasteiger partial charge in [0, 0.05) is 24.9 Å². The number of hydrogen-bond acceptors (Lipinski definition) is 4. The summed E-state index contributed by atoms with van der Waals surface area (Å²) in [4.78, 5) is 4.11. The van der Waals surface area contributed by atoms with E-state index in [0.29, 0.717) is 12.2 Å². The Kier molecular flexibility index (Phi) is 2.55. The molecule has 0 aliphatic carbocycles. The Bertz CT molecular complexity index is 465. The van der Waals surface area contributed by atoms with Gasteiger partial charge in [0.1, 0.15) is 11.4 Å². The number of nitrogens with zero attached hydrogens (tertiary/aromatic N) is 3. The van der Waals surface area contributed by atoms with Crippen molar-refractivity contribution in [3.05, 3.63) is 24.2 Å². The van der Waals surface area contributed by atoms with Gasteiger partial charge in [-0.15, -0.1) is 0 Å². The minimum absolute atomic E-state index is 0.438. The highest BCUT2D eigenvalue weighted by Gasteiger charge is 2.10. The highest BCUT2D eigenvalue weighted by Crippen LogP contribution is 2.18. The zero-order valence-corrected chi connectivity index (χ0v) is 8.71. The van der Waals surface area contributed by atoms with Crippen LogP contribution in [0.1, 0.15) is 12.6 Å². The quantitative estimate of drug-likeness (QED) is 0.803. The van der Waals surface area contributed by atoms with Crippen molar-refractivity contribution in [3.63, 3.8) is 0 Å². The molecule has 80 valence electrons. The van der Waals surface area contributed by atoms with Crippen molar-refractivity contribution in [1.82, 2.24) is 14.6 Å². The number of aliphatic hydroxyl groups excluding tert-OH is 1. The van der Waals surface area contributed by atoms with Gasteiger partial charge in [-0.05, 0) is 6.92 Å². The standard InChI is InChI=1S/C10H13N3O2/c1-7(14)5-8-9(15-2)6-10-11-3-4-13(10)12-8/h3-4,6-7,14H,5H2,1-2H3. The number of imidazole rings is 1. The van der Waals surface area contributed by atoms with Crippen LogP contribution in [-0.2, 0) is 6.42 Å². The first kappa shape index (κ1) is 9.92. The SMILES string of the molecule is COc1cc2nccn2nc1CC(C)O. The highest BCUT2D eigenvalue weighted by molar-refractivity contribution is 5.45. The third kappa shape index (κ3) is 1.92. The predicted molar refractivity (Wildman–Crippen MR) is 54.9 cm³/mol. The van der Waals surface area contributed by atoms with Crippen molar-refractivity contribution in [2.24, 2.45) is 0 Å². The Balaban J connectivity index is 2.49. The first-order valence-corrected chi connectivity index (χ1v) is 4.76. The van der Waals surface area contributed by atoms with Crippen LogP contribution in [-0.4, -0.2) is 32.9 Å². The van der Waals surface area contributed by atoms with E-state index in [-0.39, 0.29) is 0 Å². The second kappa shape index (κ2) is 3.86. The van der Waals surface area contributed by atoms with Crippen LogP contribution in [0, 0.1) is 0 Å². The Labute approximate surface area is 87.3 Å². The number of methoxy groups -OCH3 is 1. The third-order valence-electron chi connectivity index (χ3n) is 2.13. The summed E-state index contributed by atoms with van der Waals surface area (Å²) in [6, 6.07) is 1.81. The van der Waals surface area contributed by atoms with E-state index in [1.165, 1.54) is 0 Å². The molecule has 0 aromatic carbocycles. The van der Waals surface area contributed by atoms with Crippen LogP contribution >= 0.6 is 0 Å². The lowest BCUT2D eigenvalue weighted by Crippen LogP contribution is -2.09. The van der Waals surface area contributed by atoms with Gasteiger partial charge in [-0.1, -0.05) is 0 Å². The van der Waals surface area contributed by atoms with E-state index in [1.54, 1.807) is 30.9 Å². The molecule has 0 fully saturated rings. The Morgan fingerprint density at radius 2 is 2.40 bits per heavy atom. The number of aromatic nitrogens is 3. The molecule has 2 heterocycles. The molecule has 0 spiro atoms. The largest absolute Gasteiger partial charge is 0.495 e. The van der Waals surface area contributed by atoms with Gasteiger partial charge in [-0.25, -0.2) is 9.50 Å². The van der Waals surface area contributed by atoms with Crippen molar-refractivity contribution in [2.75, 3.05) is 7.11 Å². The smallest absolute Gasteiger partial charge is 0.157 e. The zero-order valence-electron chi connectivity index (χ0n) is 8.71. The normalized spacial score (nSPS) is 13.0. The van der Waals surface area contributed by atoms with Gasteiger partial charge in [0.15, 0.2) is 5.65 Å². The monoisotopic (exact) mass is 207 g/mol. The van der Waals surface area contributed by atoms with Crippen LogP contribution in [0.3, 0.4) is 0 Å². The molecule has 5 nitrogen and oxygen atoms in total. The molecule has 1 atom stereocenters. The van der Waals surface area contributed by atoms with Gasteiger partial charge in [0.05, 0.1) is 13.2 Å². The molecule has 0 saturated carbocycles. The second-order valence-electron chi connectivity index (χ2n) is 3.44. The molecule has 2 rings (SSSR count). The summed E-state index contributed by atoms with van der Waals surface area (Å²) in [6.45, 7) is 1.72. The maximum absolute atomic E-state index is 9.33. The van der Waals surface area contributed by atoms with E-state index in [9.17, 15) is 5.11 Å². The van der Waals surface area contributed by atoms with E-state index in [0.717, 1.165) is 11.3 Å². The molecule has 5 heteroatoms.